The smallest absolute Gasteiger partial charge is 0.410 e. The van der Waals surface area contributed by atoms with E-state index in [4.69, 9.17) is 4.74 Å². The zero-order valence-electron chi connectivity index (χ0n) is 13.3. The van der Waals surface area contributed by atoms with Gasteiger partial charge in [0.15, 0.2) is 0 Å². The zero-order valence-corrected chi connectivity index (χ0v) is 13.3. The minimum absolute atomic E-state index is 0.120. The van der Waals surface area contributed by atoms with Crippen LogP contribution in [-0.2, 0) is 4.74 Å². The fourth-order valence-electron chi connectivity index (χ4n) is 3.30. The van der Waals surface area contributed by atoms with Gasteiger partial charge in [-0.15, -0.1) is 0 Å². The van der Waals surface area contributed by atoms with E-state index >= 15 is 0 Å². The maximum Gasteiger partial charge on any atom is 0.410 e. The molecule has 0 radical (unpaired) electrons. The molecule has 0 spiro atoms. The molecule has 1 amide bonds. The minimum Gasteiger partial charge on any atom is -0.444 e. The topological polar surface area (TPSA) is 41.6 Å². The second-order valence-electron chi connectivity index (χ2n) is 7.24. The molecule has 0 bridgehead atoms. The van der Waals surface area contributed by atoms with Crippen molar-refractivity contribution in [1.29, 1.82) is 0 Å². The van der Waals surface area contributed by atoms with Crippen molar-refractivity contribution in [2.24, 2.45) is 5.92 Å². The first-order valence-corrected chi connectivity index (χ1v) is 8.16. The van der Waals surface area contributed by atoms with Gasteiger partial charge >= 0.3 is 6.09 Å². The number of hydrogen-bond donors (Lipinski definition) is 1. The third-order valence-corrected chi connectivity index (χ3v) is 4.37. The van der Waals surface area contributed by atoms with Gasteiger partial charge in [-0.05, 0) is 78.3 Å². The van der Waals surface area contributed by atoms with Crippen molar-refractivity contribution < 1.29 is 9.53 Å². The lowest BCUT2D eigenvalue weighted by atomic mass is 9.91. The van der Waals surface area contributed by atoms with Crippen molar-refractivity contribution in [2.45, 2.75) is 70.9 Å². The van der Waals surface area contributed by atoms with Gasteiger partial charge in [0.2, 0.25) is 0 Å². The molecule has 1 atom stereocenters. The van der Waals surface area contributed by atoms with Gasteiger partial charge in [0.25, 0.3) is 0 Å². The number of nitrogens with one attached hydrogen (secondary N) is 1. The second-order valence-corrected chi connectivity index (χ2v) is 7.24. The predicted octanol–water partition coefficient (Wildman–Crippen LogP) is 3.17. The standard InChI is InChI=1S/C16H30N2O2/c1-16(2,3)20-15(19)18-12-4-5-14(18)7-6-13-8-10-17-11-9-13/h13-14,17H,4-12H2,1-3H3. The van der Waals surface area contributed by atoms with E-state index in [1.54, 1.807) is 0 Å². The van der Waals surface area contributed by atoms with Gasteiger partial charge in [-0.1, -0.05) is 0 Å². The van der Waals surface area contributed by atoms with E-state index < -0.39 is 0 Å². The van der Waals surface area contributed by atoms with E-state index in [0.29, 0.717) is 6.04 Å². The summed E-state index contributed by atoms with van der Waals surface area (Å²) < 4.78 is 5.52. The highest BCUT2D eigenvalue weighted by atomic mass is 16.6. The summed E-state index contributed by atoms with van der Waals surface area (Å²) in [5.41, 5.74) is -0.390. The first kappa shape index (κ1) is 15.6. The minimum atomic E-state index is -0.390. The number of carbonyl (C=O) groups excluding carboxylic acids is 1. The van der Waals surface area contributed by atoms with Crippen molar-refractivity contribution in [3.63, 3.8) is 0 Å². The SMILES string of the molecule is CC(C)(C)OC(=O)N1CCCC1CCC1CCNCC1. The number of likely N-dealkylation sites (tertiary alicyclic amines) is 1. The van der Waals surface area contributed by atoms with Gasteiger partial charge in [0.05, 0.1) is 0 Å². The number of carbonyl (C=O) groups is 1. The Labute approximate surface area is 123 Å². The fourth-order valence-corrected chi connectivity index (χ4v) is 3.30. The molecule has 1 N–H and O–H groups in total. The Morgan fingerprint density at radius 3 is 2.55 bits per heavy atom. The molecule has 2 heterocycles. The van der Waals surface area contributed by atoms with Crippen molar-refractivity contribution in [2.75, 3.05) is 19.6 Å². The van der Waals surface area contributed by atoms with Crippen molar-refractivity contribution >= 4 is 6.09 Å². The molecule has 4 nitrogen and oxygen atoms in total. The molecule has 2 saturated heterocycles. The lowest BCUT2D eigenvalue weighted by Crippen LogP contribution is -2.40. The van der Waals surface area contributed by atoms with Gasteiger partial charge in [0.1, 0.15) is 5.60 Å². The Bertz CT molecular complexity index is 319. The Hall–Kier alpha value is -0.770. The molecule has 20 heavy (non-hydrogen) atoms. The lowest BCUT2D eigenvalue weighted by Gasteiger charge is -2.30. The molecule has 0 aliphatic carbocycles. The molecule has 0 aromatic rings. The maximum absolute atomic E-state index is 12.2. The van der Waals surface area contributed by atoms with Crippen molar-refractivity contribution in [3.8, 4) is 0 Å². The molecular formula is C16H30N2O2. The van der Waals surface area contributed by atoms with Crippen LogP contribution in [0.15, 0.2) is 0 Å². The van der Waals surface area contributed by atoms with Crippen LogP contribution >= 0.6 is 0 Å². The Kier molecular flexibility index (Phi) is 5.30. The summed E-state index contributed by atoms with van der Waals surface area (Å²) in [6.45, 7) is 8.99. The number of amides is 1. The third-order valence-electron chi connectivity index (χ3n) is 4.37. The average Bonchev–Trinajstić information content (AvgIpc) is 2.84. The highest BCUT2D eigenvalue weighted by Crippen LogP contribution is 2.27. The number of ether oxygens (including phenoxy) is 1. The molecular weight excluding hydrogens is 252 g/mol. The summed E-state index contributed by atoms with van der Waals surface area (Å²) in [5, 5.41) is 3.41. The Balaban J connectivity index is 1.79. The quantitative estimate of drug-likeness (QED) is 0.864. The van der Waals surface area contributed by atoms with Crippen LogP contribution in [-0.4, -0.2) is 42.3 Å². The number of hydrogen-bond acceptors (Lipinski definition) is 3. The highest BCUT2D eigenvalue weighted by Gasteiger charge is 2.32. The van der Waals surface area contributed by atoms with Gasteiger partial charge in [-0.25, -0.2) is 4.79 Å². The normalized spacial score (nSPS) is 24.9. The van der Waals surface area contributed by atoms with Crippen molar-refractivity contribution in [1.82, 2.24) is 10.2 Å². The lowest BCUT2D eigenvalue weighted by molar-refractivity contribution is 0.0215. The summed E-state index contributed by atoms with van der Waals surface area (Å²) >= 11 is 0. The van der Waals surface area contributed by atoms with Crippen LogP contribution in [0.25, 0.3) is 0 Å². The molecule has 2 rings (SSSR count). The van der Waals surface area contributed by atoms with E-state index in [2.05, 4.69) is 5.32 Å². The van der Waals surface area contributed by atoms with Crippen LogP contribution in [0.2, 0.25) is 0 Å². The van der Waals surface area contributed by atoms with Crippen LogP contribution in [0.5, 0.6) is 0 Å². The Morgan fingerprint density at radius 1 is 1.20 bits per heavy atom. The molecule has 4 heteroatoms. The summed E-state index contributed by atoms with van der Waals surface area (Å²) in [4.78, 5) is 14.2. The molecule has 2 fully saturated rings. The molecule has 0 saturated carbocycles. The van der Waals surface area contributed by atoms with Crippen LogP contribution in [0.1, 0.15) is 59.3 Å². The van der Waals surface area contributed by atoms with Crippen LogP contribution in [0.3, 0.4) is 0 Å². The number of rotatable bonds is 3. The van der Waals surface area contributed by atoms with E-state index in [1.165, 1.54) is 19.3 Å². The first-order valence-electron chi connectivity index (χ1n) is 8.16. The average molecular weight is 282 g/mol. The first-order chi connectivity index (χ1) is 9.46. The fraction of sp³-hybridized carbons (Fsp3) is 0.938. The van der Waals surface area contributed by atoms with E-state index in [-0.39, 0.29) is 11.7 Å². The molecule has 2 aliphatic heterocycles. The number of nitrogens with zero attached hydrogens (tertiary/aromatic N) is 1. The van der Waals surface area contributed by atoms with Gasteiger partial charge < -0.3 is 15.0 Å². The van der Waals surface area contributed by atoms with E-state index in [0.717, 1.165) is 44.8 Å². The molecule has 2 aliphatic rings. The summed E-state index contributed by atoms with van der Waals surface area (Å²) in [5.74, 6) is 0.845. The summed E-state index contributed by atoms with van der Waals surface area (Å²) in [6, 6.07) is 0.403. The van der Waals surface area contributed by atoms with Gasteiger partial charge in [0, 0.05) is 12.6 Å². The summed E-state index contributed by atoms with van der Waals surface area (Å²) in [7, 11) is 0. The van der Waals surface area contributed by atoms with Crippen molar-refractivity contribution in [3.05, 3.63) is 0 Å². The summed E-state index contributed by atoms with van der Waals surface area (Å²) in [6.07, 6.45) is 7.12. The maximum atomic E-state index is 12.2. The van der Waals surface area contributed by atoms with Crippen LogP contribution in [0.4, 0.5) is 4.79 Å². The van der Waals surface area contributed by atoms with Crippen LogP contribution in [0, 0.1) is 5.92 Å². The molecule has 116 valence electrons. The number of piperidine rings is 1. The second kappa shape index (κ2) is 6.79. The van der Waals surface area contributed by atoms with Crippen LogP contribution < -0.4 is 5.32 Å². The van der Waals surface area contributed by atoms with Gasteiger partial charge in [-0.2, -0.15) is 0 Å². The monoisotopic (exact) mass is 282 g/mol. The van der Waals surface area contributed by atoms with E-state index in [1.807, 2.05) is 25.7 Å². The molecule has 1 unspecified atom stereocenters. The zero-order chi connectivity index (χ0) is 14.6. The molecule has 0 aromatic heterocycles. The highest BCUT2D eigenvalue weighted by molar-refractivity contribution is 5.68. The third kappa shape index (κ3) is 4.65. The van der Waals surface area contributed by atoms with E-state index in [9.17, 15) is 4.79 Å². The predicted molar refractivity (Wildman–Crippen MR) is 80.8 cm³/mol. The van der Waals surface area contributed by atoms with Gasteiger partial charge in [-0.3, -0.25) is 0 Å². The largest absolute Gasteiger partial charge is 0.444 e. The Morgan fingerprint density at radius 2 is 1.90 bits per heavy atom. The molecule has 0 aromatic carbocycles.